The number of benzene rings is 2. The molecule has 1 amide bonds. The highest BCUT2D eigenvalue weighted by Gasteiger charge is 2.20. The first-order valence-corrected chi connectivity index (χ1v) is 11.3. The van der Waals surface area contributed by atoms with Crippen LogP contribution in [0.25, 0.3) is 0 Å². The highest BCUT2D eigenvalue weighted by Crippen LogP contribution is 2.30. The number of nitrogens with one attached hydrogen (secondary N) is 1. The fourth-order valence-corrected chi connectivity index (χ4v) is 4.13. The highest BCUT2D eigenvalue weighted by molar-refractivity contribution is 5.91. The van der Waals surface area contributed by atoms with E-state index in [0.29, 0.717) is 12.2 Å². The second kappa shape index (κ2) is 11.4. The van der Waals surface area contributed by atoms with Gasteiger partial charge in [0.1, 0.15) is 11.3 Å². The van der Waals surface area contributed by atoms with Crippen molar-refractivity contribution >= 4 is 17.6 Å². The van der Waals surface area contributed by atoms with Crippen LogP contribution < -0.4 is 15.0 Å². The fraction of sp³-hybridized carbons (Fsp3) is 0.385. The topological polar surface area (TPSA) is 78.9 Å². The lowest BCUT2D eigenvalue weighted by Gasteiger charge is -2.32. The van der Waals surface area contributed by atoms with E-state index in [2.05, 4.69) is 22.3 Å². The Labute approximate surface area is 189 Å². The molecule has 0 aromatic heterocycles. The lowest BCUT2D eigenvalue weighted by molar-refractivity contribution is -0.120. The molecule has 170 valence electrons. The van der Waals surface area contributed by atoms with Crippen LogP contribution in [0.4, 0.5) is 5.69 Å². The maximum Gasteiger partial charge on any atom is 0.339 e. The van der Waals surface area contributed by atoms with Gasteiger partial charge in [-0.2, -0.15) is 0 Å². The van der Waals surface area contributed by atoms with E-state index in [-0.39, 0.29) is 29.7 Å². The van der Waals surface area contributed by atoms with Gasteiger partial charge in [0.15, 0.2) is 0 Å². The molecule has 1 aliphatic rings. The lowest BCUT2D eigenvalue weighted by atomic mass is 10.0. The molecule has 1 fully saturated rings. The Balaban J connectivity index is 1.78. The number of hydrogen-bond acceptors (Lipinski definition) is 4. The number of carboxylic acid groups (broad SMARTS) is 1. The number of carboxylic acids is 1. The molecule has 32 heavy (non-hydrogen) atoms. The third kappa shape index (κ3) is 5.90. The first-order chi connectivity index (χ1) is 15.5. The van der Waals surface area contributed by atoms with Gasteiger partial charge in [-0.05, 0) is 56.9 Å². The van der Waals surface area contributed by atoms with Crippen LogP contribution in [0.1, 0.15) is 60.6 Å². The van der Waals surface area contributed by atoms with Crippen molar-refractivity contribution in [2.45, 2.75) is 45.6 Å². The predicted octanol–water partition coefficient (Wildman–Crippen LogP) is 4.75. The Morgan fingerprint density at radius 2 is 1.91 bits per heavy atom. The second-order valence-electron chi connectivity index (χ2n) is 7.92. The number of anilines is 1. The third-order valence-corrected chi connectivity index (χ3v) is 5.61. The Morgan fingerprint density at radius 1 is 1.16 bits per heavy atom. The largest absolute Gasteiger partial charge is 0.493 e. The number of amides is 1. The minimum atomic E-state index is -1.05. The number of carbonyl (C=O) groups excluding carboxylic acids is 1. The molecule has 0 saturated carbocycles. The summed E-state index contributed by atoms with van der Waals surface area (Å²) in [7, 11) is 0. The molecule has 1 unspecified atom stereocenters. The molecule has 1 saturated heterocycles. The highest BCUT2D eigenvalue weighted by atomic mass is 16.5. The van der Waals surface area contributed by atoms with Crippen molar-refractivity contribution in [3.63, 3.8) is 0 Å². The van der Waals surface area contributed by atoms with Crippen molar-refractivity contribution in [3.8, 4) is 5.75 Å². The quantitative estimate of drug-likeness (QED) is 0.555. The Morgan fingerprint density at radius 3 is 2.59 bits per heavy atom. The Kier molecular flexibility index (Phi) is 8.31. The number of hydrogen-bond donors (Lipinski definition) is 2. The van der Waals surface area contributed by atoms with Crippen LogP contribution in [0.15, 0.2) is 54.6 Å². The van der Waals surface area contributed by atoms with E-state index in [1.807, 2.05) is 31.2 Å². The molecule has 1 atom stereocenters. The molecule has 0 bridgehead atoms. The number of carbonyl (C=O) groups is 2. The number of aromatic carboxylic acids is 1. The van der Waals surface area contributed by atoms with Crippen LogP contribution in [-0.4, -0.2) is 36.7 Å². The average molecular weight is 437 g/mol. The summed E-state index contributed by atoms with van der Waals surface area (Å²) in [5.74, 6) is -0.898. The van der Waals surface area contributed by atoms with Crippen LogP contribution in [0.3, 0.4) is 0 Å². The van der Waals surface area contributed by atoms with Gasteiger partial charge in [-0.15, -0.1) is 0 Å². The van der Waals surface area contributed by atoms with Crippen molar-refractivity contribution in [3.05, 3.63) is 71.3 Å². The molecule has 1 heterocycles. The summed E-state index contributed by atoms with van der Waals surface area (Å²) in [6.07, 6.45) is 7.72. The third-order valence-electron chi connectivity index (χ3n) is 5.61. The molecule has 2 aromatic rings. The minimum absolute atomic E-state index is 0.0956. The van der Waals surface area contributed by atoms with Crippen LogP contribution in [0, 0.1) is 0 Å². The van der Waals surface area contributed by atoms with Crippen molar-refractivity contribution in [1.29, 1.82) is 0 Å². The standard InChI is InChI=1S/C26H32N2O4/c1-3-10-22(20-11-6-7-12-23(20)28-15-8-5-9-16-28)27-25(29)18-19-13-14-21(26(30)31)24(17-19)32-4-2/h3,6-7,10-14,17,22H,4-5,8-9,15-16,18H2,1-2H3,(H,27,29)(H,30,31). The molecule has 0 aliphatic carbocycles. The van der Waals surface area contributed by atoms with Gasteiger partial charge in [0.25, 0.3) is 0 Å². The lowest BCUT2D eigenvalue weighted by Crippen LogP contribution is -2.33. The SMILES string of the molecule is CC=CC(NC(=O)Cc1ccc(C(=O)O)c(OCC)c1)c1ccccc1N1CCCCC1. The number of ether oxygens (including phenoxy) is 1. The predicted molar refractivity (Wildman–Crippen MR) is 126 cm³/mol. The number of rotatable bonds is 9. The van der Waals surface area contributed by atoms with Crippen molar-refractivity contribution in [2.75, 3.05) is 24.6 Å². The number of allylic oxidation sites excluding steroid dienone is 1. The first kappa shape index (κ1) is 23.4. The summed E-state index contributed by atoms with van der Waals surface area (Å²) in [5, 5.41) is 12.5. The van der Waals surface area contributed by atoms with Gasteiger partial charge in [0.2, 0.25) is 5.91 Å². The molecule has 1 aliphatic heterocycles. The number of nitrogens with zero attached hydrogens (tertiary/aromatic N) is 1. The van der Waals surface area contributed by atoms with E-state index in [4.69, 9.17) is 4.74 Å². The molecule has 0 radical (unpaired) electrons. The van der Waals surface area contributed by atoms with Crippen LogP contribution in [0.2, 0.25) is 0 Å². The molecular weight excluding hydrogens is 404 g/mol. The van der Waals surface area contributed by atoms with Crippen molar-refractivity contribution < 1.29 is 19.4 Å². The van der Waals surface area contributed by atoms with Gasteiger partial charge < -0.3 is 20.1 Å². The van der Waals surface area contributed by atoms with Gasteiger partial charge in [-0.25, -0.2) is 4.79 Å². The number of para-hydroxylation sites is 1. The summed E-state index contributed by atoms with van der Waals surface area (Å²) in [6.45, 7) is 6.16. The van der Waals surface area contributed by atoms with E-state index in [1.54, 1.807) is 19.1 Å². The van der Waals surface area contributed by atoms with Crippen molar-refractivity contribution in [1.82, 2.24) is 5.32 Å². The molecule has 6 heteroatoms. The summed E-state index contributed by atoms with van der Waals surface area (Å²) in [5.41, 5.74) is 3.05. The smallest absolute Gasteiger partial charge is 0.339 e. The van der Waals surface area contributed by atoms with E-state index in [0.717, 1.165) is 18.7 Å². The zero-order chi connectivity index (χ0) is 22.9. The summed E-state index contributed by atoms with van der Waals surface area (Å²) < 4.78 is 5.46. The van der Waals surface area contributed by atoms with Gasteiger partial charge in [0, 0.05) is 24.3 Å². The van der Waals surface area contributed by atoms with Gasteiger partial charge >= 0.3 is 5.97 Å². The summed E-state index contributed by atoms with van der Waals surface area (Å²) in [6, 6.07) is 12.8. The zero-order valence-electron chi connectivity index (χ0n) is 18.8. The number of piperidine rings is 1. The minimum Gasteiger partial charge on any atom is -0.493 e. The maximum atomic E-state index is 12.9. The second-order valence-corrected chi connectivity index (χ2v) is 7.92. The molecule has 6 nitrogen and oxygen atoms in total. The van der Waals surface area contributed by atoms with Gasteiger partial charge in [0.05, 0.1) is 19.1 Å². The maximum absolute atomic E-state index is 12.9. The Hall–Kier alpha value is -3.28. The fourth-order valence-electron chi connectivity index (χ4n) is 4.13. The monoisotopic (exact) mass is 436 g/mol. The van der Waals surface area contributed by atoms with Gasteiger partial charge in [-0.3, -0.25) is 4.79 Å². The van der Waals surface area contributed by atoms with Crippen molar-refractivity contribution in [2.24, 2.45) is 0 Å². The van der Waals surface area contributed by atoms with E-state index >= 15 is 0 Å². The summed E-state index contributed by atoms with van der Waals surface area (Å²) >= 11 is 0. The first-order valence-electron chi connectivity index (χ1n) is 11.3. The zero-order valence-corrected chi connectivity index (χ0v) is 18.8. The molecule has 2 N–H and O–H groups in total. The van der Waals surface area contributed by atoms with E-state index in [9.17, 15) is 14.7 Å². The normalized spacial score (nSPS) is 14.9. The van der Waals surface area contributed by atoms with E-state index in [1.165, 1.54) is 31.0 Å². The molecule has 2 aromatic carbocycles. The van der Waals surface area contributed by atoms with Crippen LogP contribution in [0.5, 0.6) is 5.75 Å². The van der Waals surface area contributed by atoms with Gasteiger partial charge in [-0.1, -0.05) is 36.4 Å². The Bertz CT molecular complexity index is 964. The average Bonchev–Trinajstić information content (AvgIpc) is 2.79. The molecule has 0 spiro atoms. The van der Waals surface area contributed by atoms with Crippen LogP contribution in [-0.2, 0) is 11.2 Å². The van der Waals surface area contributed by atoms with Crippen LogP contribution >= 0.6 is 0 Å². The molecule has 3 rings (SSSR count). The molecular formula is C26H32N2O4. The van der Waals surface area contributed by atoms with E-state index < -0.39 is 5.97 Å². The summed E-state index contributed by atoms with van der Waals surface area (Å²) in [4.78, 5) is 26.7.